The van der Waals surface area contributed by atoms with Crippen LogP contribution in [-0.4, -0.2) is 35.1 Å². The van der Waals surface area contributed by atoms with Crippen molar-refractivity contribution in [2.75, 3.05) is 0 Å². The molecule has 6 bridgehead atoms. The maximum absolute atomic E-state index is 14.0. The van der Waals surface area contributed by atoms with Gasteiger partial charge in [0.15, 0.2) is 0 Å². The number of hydrogen-bond donors (Lipinski definition) is 1. The molecule has 0 heterocycles. The van der Waals surface area contributed by atoms with Crippen LogP contribution in [0.1, 0.15) is 78.6 Å². The van der Waals surface area contributed by atoms with E-state index in [-0.39, 0.29) is 35.5 Å². The molecule has 6 aliphatic carbocycles. The summed E-state index contributed by atoms with van der Waals surface area (Å²) in [6, 6.07) is 0. The van der Waals surface area contributed by atoms with Gasteiger partial charge in [-0.1, -0.05) is 13.8 Å². The summed E-state index contributed by atoms with van der Waals surface area (Å²) >= 11 is 0. The van der Waals surface area contributed by atoms with Crippen molar-refractivity contribution in [3.05, 3.63) is 0 Å². The summed E-state index contributed by atoms with van der Waals surface area (Å²) in [5.74, 6) is 0.334. The summed E-state index contributed by atoms with van der Waals surface area (Å²) in [4.78, 5) is 13.4. The van der Waals surface area contributed by atoms with Gasteiger partial charge in [-0.05, 0) is 112 Å². The number of carbonyl (C=O) groups excluding carboxylic acids is 1. The third kappa shape index (κ3) is 3.75. The van der Waals surface area contributed by atoms with Gasteiger partial charge in [0, 0.05) is 0 Å². The molecule has 0 spiro atoms. The van der Waals surface area contributed by atoms with Gasteiger partial charge >= 0.3 is 18.3 Å². The van der Waals surface area contributed by atoms with Crippen LogP contribution < -0.4 is 0 Å². The van der Waals surface area contributed by atoms with E-state index in [2.05, 4.69) is 6.92 Å². The quantitative estimate of drug-likeness (QED) is 0.332. The number of aliphatic hydroxyl groups is 1. The molecule has 0 aromatic carbocycles. The van der Waals surface area contributed by atoms with Crippen LogP contribution in [0.25, 0.3) is 0 Å². The molecule has 6 saturated carbocycles. The first kappa shape index (κ1) is 25.7. The minimum Gasteiger partial charge on any atom is -0.458 e. The maximum Gasteiger partial charge on any atom is 0.430 e. The van der Waals surface area contributed by atoms with Crippen molar-refractivity contribution in [1.29, 1.82) is 0 Å². The molecular formula is C26H36F6O3. The molecule has 0 saturated heterocycles. The lowest BCUT2D eigenvalue weighted by molar-refractivity contribution is -0.394. The number of carbonyl (C=O) groups is 1. The summed E-state index contributed by atoms with van der Waals surface area (Å²) in [5.41, 5.74) is -7.01. The number of halogens is 6. The maximum atomic E-state index is 14.0. The highest BCUT2D eigenvalue weighted by Crippen LogP contribution is 2.64. The van der Waals surface area contributed by atoms with Gasteiger partial charge in [0.25, 0.3) is 5.60 Å². The molecule has 0 aromatic heterocycles. The van der Waals surface area contributed by atoms with E-state index < -0.39 is 47.3 Å². The van der Waals surface area contributed by atoms with Crippen LogP contribution in [-0.2, 0) is 9.53 Å². The second-order valence-electron chi connectivity index (χ2n) is 13.2. The SMILES string of the molecule is CC1C2CC(C1C)C(C)(C(=O)OC(CC13CC4CC(CC(C4)C1)C3)C(O)(C(F)(F)F)C(F)(F)F)C2. The zero-order valence-corrected chi connectivity index (χ0v) is 20.5. The van der Waals surface area contributed by atoms with Crippen LogP contribution in [0.5, 0.6) is 0 Å². The van der Waals surface area contributed by atoms with Crippen LogP contribution in [0.3, 0.4) is 0 Å². The van der Waals surface area contributed by atoms with Crippen molar-refractivity contribution < 1.29 is 41.0 Å². The summed E-state index contributed by atoms with van der Waals surface area (Å²) in [5, 5.41) is 10.4. The monoisotopic (exact) mass is 510 g/mol. The van der Waals surface area contributed by atoms with Crippen molar-refractivity contribution in [1.82, 2.24) is 0 Å². The predicted octanol–water partition coefficient (Wildman–Crippen LogP) is 6.68. The molecular weight excluding hydrogens is 474 g/mol. The lowest BCUT2D eigenvalue weighted by Gasteiger charge is -2.58. The van der Waals surface area contributed by atoms with Gasteiger partial charge in [0.05, 0.1) is 5.41 Å². The van der Waals surface area contributed by atoms with Crippen LogP contribution in [0.4, 0.5) is 26.3 Å². The van der Waals surface area contributed by atoms with E-state index >= 15 is 0 Å². The van der Waals surface area contributed by atoms with E-state index in [0.29, 0.717) is 31.6 Å². The Morgan fingerprint density at radius 3 is 1.77 bits per heavy atom. The fourth-order valence-electron chi connectivity index (χ4n) is 9.59. The average Bonchev–Trinajstić information content (AvgIpc) is 3.19. The third-order valence-electron chi connectivity index (χ3n) is 11.1. The van der Waals surface area contributed by atoms with Gasteiger partial charge < -0.3 is 9.84 Å². The Labute approximate surface area is 202 Å². The van der Waals surface area contributed by atoms with E-state index in [4.69, 9.17) is 4.74 Å². The fourth-order valence-corrected chi connectivity index (χ4v) is 9.59. The summed E-state index contributed by atoms with van der Waals surface area (Å²) in [6.45, 7) is 5.67. The Morgan fingerprint density at radius 1 is 0.886 bits per heavy atom. The molecule has 6 unspecified atom stereocenters. The Hall–Kier alpha value is -0.990. The number of alkyl halides is 6. The van der Waals surface area contributed by atoms with Crippen molar-refractivity contribution in [3.8, 4) is 0 Å². The van der Waals surface area contributed by atoms with Crippen LogP contribution in [0.2, 0.25) is 0 Å². The van der Waals surface area contributed by atoms with Crippen molar-refractivity contribution in [3.63, 3.8) is 0 Å². The van der Waals surface area contributed by atoms with Crippen molar-refractivity contribution in [2.24, 2.45) is 52.3 Å². The molecule has 6 atom stereocenters. The highest BCUT2D eigenvalue weighted by molar-refractivity contribution is 5.78. The molecule has 0 aromatic rings. The number of ether oxygens (including phenoxy) is 1. The molecule has 0 radical (unpaired) electrons. The third-order valence-corrected chi connectivity index (χ3v) is 11.1. The molecule has 6 fully saturated rings. The highest BCUT2D eigenvalue weighted by atomic mass is 19.4. The Balaban J connectivity index is 1.48. The molecule has 1 N–H and O–H groups in total. The largest absolute Gasteiger partial charge is 0.458 e. The molecule has 9 heteroatoms. The second kappa shape index (κ2) is 7.76. The normalized spacial score (nSPS) is 45.7. The van der Waals surface area contributed by atoms with Gasteiger partial charge in [-0.25, -0.2) is 0 Å². The van der Waals surface area contributed by atoms with Crippen LogP contribution in [0.15, 0.2) is 0 Å². The number of esters is 1. The molecule has 35 heavy (non-hydrogen) atoms. The van der Waals surface area contributed by atoms with Crippen LogP contribution >= 0.6 is 0 Å². The minimum atomic E-state index is -6.03. The number of hydrogen-bond acceptors (Lipinski definition) is 3. The van der Waals surface area contributed by atoms with Gasteiger partial charge in [0.2, 0.25) is 0 Å². The first-order valence-electron chi connectivity index (χ1n) is 13.1. The smallest absolute Gasteiger partial charge is 0.430 e. The van der Waals surface area contributed by atoms with Gasteiger partial charge in [0.1, 0.15) is 6.10 Å². The lowest BCUT2D eigenvalue weighted by Crippen LogP contribution is -2.67. The zero-order chi connectivity index (χ0) is 25.8. The summed E-state index contributed by atoms with van der Waals surface area (Å²) in [6.07, 6.45) is -9.77. The van der Waals surface area contributed by atoms with E-state index in [1.165, 1.54) is 0 Å². The molecule has 200 valence electrons. The first-order chi connectivity index (χ1) is 16.0. The Bertz CT molecular complexity index is 815. The van der Waals surface area contributed by atoms with E-state index in [1.54, 1.807) is 6.92 Å². The van der Waals surface area contributed by atoms with Gasteiger partial charge in [-0.3, -0.25) is 4.79 Å². The zero-order valence-electron chi connectivity index (χ0n) is 20.5. The lowest BCUT2D eigenvalue weighted by atomic mass is 9.48. The molecule has 3 nitrogen and oxygen atoms in total. The number of fused-ring (bicyclic) bond motifs is 2. The number of rotatable bonds is 5. The average molecular weight is 511 g/mol. The molecule has 0 aliphatic heterocycles. The molecule has 6 rings (SSSR count). The standard InChI is InChI=1S/C26H36F6O3/c1-13-14(2)19-7-18(13)11-22(19,3)21(33)35-20(24(34,25(27,28)29)26(30,31)32)12-23-8-15-4-16(9-23)6-17(5-15)10-23/h13-20,34H,4-12H2,1-3H3. The van der Waals surface area contributed by atoms with Crippen molar-refractivity contribution >= 4 is 5.97 Å². The summed E-state index contributed by atoms with van der Waals surface area (Å²) < 4.78 is 89.5. The molecule has 0 amide bonds. The second-order valence-corrected chi connectivity index (χ2v) is 13.2. The van der Waals surface area contributed by atoms with E-state index in [0.717, 1.165) is 25.7 Å². The molecule has 6 aliphatic rings. The Kier molecular flexibility index (Phi) is 5.69. The first-order valence-corrected chi connectivity index (χ1v) is 13.1. The van der Waals surface area contributed by atoms with Gasteiger partial charge in [-0.2, -0.15) is 26.3 Å². The predicted molar refractivity (Wildman–Crippen MR) is 115 cm³/mol. The fraction of sp³-hybridized carbons (Fsp3) is 0.962. The van der Waals surface area contributed by atoms with Crippen molar-refractivity contribution in [2.45, 2.75) is 103 Å². The highest BCUT2D eigenvalue weighted by Gasteiger charge is 2.76. The van der Waals surface area contributed by atoms with Gasteiger partial charge in [-0.15, -0.1) is 0 Å². The van der Waals surface area contributed by atoms with E-state index in [1.807, 2.05) is 6.92 Å². The minimum absolute atomic E-state index is 0.122. The summed E-state index contributed by atoms with van der Waals surface area (Å²) in [7, 11) is 0. The topological polar surface area (TPSA) is 46.5 Å². The van der Waals surface area contributed by atoms with Crippen LogP contribution in [0, 0.1) is 52.3 Å². The van der Waals surface area contributed by atoms with E-state index in [9.17, 15) is 36.2 Å². The Morgan fingerprint density at radius 2 is 1.37 bits per heavy atom.